The molecule has 0 aliphatic carbocycles. The Bertz CT molecular complexity index is 1590. The summed E-state index contributed by atoms with van der Waals surface area (Å²) in [6.07, 6.45) is 0. The molecular formula is C32H28FNO4. The number of carbonyl (C=O) groups excluding carboxylic acids is 2. The number of hydrogen-bond acceptors (Lipinski definition) is 4. The number of carbonyl (C=O) groups is 2. The van der Waals surface area contributed by atoms with Crippen molar-refractivity contribution in [3.8, 4) is 5.75 Å². The maximum absolute atomic E-state index is 14.2. The molecule has 0 saturated carbocycles. The van der Waals surface area contributed by atoms with Crippen molar-refractivity contribution in [3.63, 3.8) is 0 Å². The molecule has 5 nitrogen and oxygen atoms in total. The molecule has 1 N–H and O–H groups in total. The van der Waals surface area contributed by atoms with E-state index in [9.17, 15) is 19.1 Å². The highest BCUT2D eigenvalue weighted by molar-refractivity contribution is 6.52. The maximum Gasteiger partial charge on any atom is 0.300 e. The Hall–Kier alpha value is -4.45. The van der Waals surface area contributed by atoms with Crippen molar-refractivity contribution in [3.05, 3.63) is 113 Å². The van der Waals surface area contributed by atoms with Gasteiger partial charge < -0.3 is 9.84 Å². The van der Waals surface area contributed by atoms with Crippen molar-refractivity contribution in [1.29, 1.82) is 0 Å². The molecule has 4 aromatic rings. The first kappa shape index (κ1) is 25.2. The van der Waals surface area contributed by atoms with Crippen molar-refractivity contribution in [2.75, 3.05) is 12.0 Å². The zero-order valence-electron chi connectivity index (χ0n) is 21.7. The number of ether oxygens (including phenoxy) is 1. The lowest BCUT2D eigenvalue weighted by atomic mass is 9.85. The Morgan fingerprint density at radius 2 is 1.61 bits per heavy atom. The summed E-state index contributed by atoms with van der Waals surface area (Å²) in [5.41, 5.74) is 2.03. The molecule has 1 aliphatic heterocycles. The van der Waals surface area contributed by atoms with E-state index < -0.39 is 29.3 Å². The minimum Gasteiger partial charge on any atom is -0.507 e. The molecule has 1 atom stereocenters. The lowest BCUT2D eigenvalue weighted by Gasteiger charge is -2.27. The largest absolute Gasteiger partial charge is 0.507 e. The fourth-order valence-corrected chi connectivity index (χ4v) is 4.99. The van der Waals surface area contributed by atoms with E-state index >= 15 is 0 Å². The van der Waals surface area contributed by atoms with Gasteiger partial charge in [-0.25, -0.2) is 4.39 Å². The van der Waals surface area contributed by atoms with Crippen molar-refractivity contribution in [2.24, 2.45) is 0 Å². The summed E-state index contributed by atoms with van der Waals surface area (Å²) in [5, 5.41) is 13.2. The van der Waals surface area contributed by atoms with Gasteiger partial charge in [0, 0.05) is 5.39 Å². The second-order valence-corrected chi connectivity index (χ2v) is 10.4. The number of benzene rings is 4. The molecule has 4 aromatic carbocycles. The number of methoxy groups -OCH3 is 1. The van der Waals surface area contributed by atoms with Gasteiger partial charge in [0.2, 0.25) is 0 Å². The monoisotopic (exact) mass is 509 g/mol. The first-order valence-corrected chi connectivity index (χ1v) is 12.3. The average molecular weight is 510 g/mol. The van der Waals surface area contributed by atoms with Crippen LogP contribution in [0.25, 0.3) is 16.5 Å². The Morgan fingerprint density at radius 1 is 0.921 bits per heavy atom. The van der Waals surface area contributed by atoms with Gasteiger partial charge in [-0.3, -0.25) is 14.5 Å². The van der Waals surface area contributed by atoms with Gasteiger partial charge in [-0.05, 0) is 46.2 Å². The highest BCUT2D eigenvalue weighted by atomic mass is 19.1. The van der Waals surface area contributed by atoms with E-state index in [4.69, 9.17) is 4.74 Å². The lowest BCUT2D eigenvalue weighted by molar-refractivity contribution is -0.132. The highest BCUT2D eigenvalue weighted by Crippen LogP contribution is 2.45. The quantitative estimate of drug-likeness (QED) is 0.184. The predicted molar refractivity (Wildman–Crippen MR) is 147 cm³/mol. The van der Waals surface area contributed by atoms with Crippen LogP contribution in [0.3, 0.4) is 0 Å². The van der Waals surface area contributed by atoms with Crippen LogP contribution in [0.5, 0.6) is 5.75 Å². The SMILES string of the molecule is COc1ccc(F)cc1/C(O)=C1\C(=O)C(=O)N(c2cccc3ccccc23)C1c1ccc(C(C)(C)C)cc1. The molecule has 192 valence electrons. The molecule has 6 heteroatoms. The van der Waals surface area contributed by atoms with Crippen molar-refractivity contribution >= 4 is 33.9 Å². The normalized spacial score (nSPS) is 17.3. The number of aliphatic hydroxyl groups is 1. The molecule has 0 aromatic heterocycles. The molecule has 1 unspecified atom stereocenters. The molecule has 38 heavy (non-hydrogen) atoms. The zero-order valence-corrected chi connectivity index (χ0v) is 21.7. The number of hydrogen-bond donors (Lipinski definition) is 1. The Morgan fingerprint density at radius 3 is 2.29 bits per heavy atom. The van der Waals surface area contributed by atoms with Crippen molar-refractivity contribution < 1.29 is 23.8 Å². The summed E-state index contributed by atoms with van der Waals surface area (Å²) < 4.78 is 19.6. The summed E-state index contributed by atoms with van der Waals surface area (Å²) in [6.45, 7) is 6.29. The summed E-state index contributed by atoms with van der Waals surface area (Å²) in [6, 6.07) is 23.5. The third kappa shape index (κ3) is 4.22. The Labute approximate surface area is 220 Å². The standard InChI is InChI=1S/C32H28FNO4/c1-32(2,3)21-14-12-20(13-15-21)28-27(29(35)24-18-22(33)16-17-26(24)38-4)30(36)31(37)34(28)25-11-7-9-19-8-5-6-10-23(19)25/h5-18,28,35H,1-4H3/b29-27+. The van der Waals surface area contributed by atoms with Crippen LogP contribution in [-0.4, -0.2) is 23.9 Å². The van der Waals surface area contributed by atoms with Crippen LogP contribution in [0, 0.1) is 5.82 Å². The zero-order chi connectivity index (χ0) is 27.2. The minimum atomic E-state index is -0.942. The van der Waals surface area contributed by atoms with Crippen molar-refractivity contribution in [1.82, 2.24) is 0 Å². The lowest BCUT2D eigenvalue weighted by Crippen LogP contribution is -2.29. The topological polar surface area (TPSA) is 66.8 Å². The summed E-state index contributed by atoms with van der Waals surface area (Å²) in [5.74, 6) is -2.55. The molecule has 0 radical (unpaired) electrons. The number of anilines is 1. The second-order valence-electron chi connectivity index (χ2n) is 10.4. The first-order valence-electron chi connectivity index (χ1n) is 12.3. The summed E-state index contributed by atoms with van der Waals surface area (Å²) >= 11 is 0. The predicted octanol–water partition coefficient (Wildman–Crippen LogP) is 6.91. The molecule has 1 aliphatic rings. The number of halogens is 1. The summed E-state index contributed by atoms with van der Waals surface area (Å²) in [7, 11) is 1.39. The van der Waals surface area contributed by atoms with Crippen LogP contribution in [0.4, 0.5) is 10.1 Å². The van der Waals surface area contributed by atoms with E-state index in [0.29, 0.717) is 11.3 Å². The highest BCUT2D eigenvalue weighted by Gasteiger charge is 2.47. The Balaban J connectivity index is 1.79. The number of fused-ring (bicyclic) bond motifs is 1. The van der Waals surface area contributed by atoms with Gasteiger partial charge in [-0.15, -0.1) is 0 Å². The molecule has 1 fully saturated rings. The molecule has 1 amide bonds. The molecule has 5 rings (SSSR count). The van der Waals surface area contributed by atoms with E-state index in [-0.39, 0.29) is 22.3 Å². The Kier molecular flexibility index (Phi) is 6.27. The number of nitrogens with zero attached hydrogens (tertiary/aromatic N) is 1. The molecule has 0 spiro atoms. The van der Waals surface area contributed by atoms with Crippen LogP contribution in [-0.2, 0) is 15.0 Å². The van der Waals surface area contributed by atoms with Gasteiger partial charge in [-0.2, -0.15) is 0 Å². The van der Waals surface area contributed by atoms with Crippen LogP contribution in [0.1, 0.15) is 43.5 Å². The van der Waals surface area contributed by atoms with Crippen LogP contribution in [0.2, 0.25) is 0 Å². The molecular weight excluding hydrogens is 481 g/mol. The average Bonchev–Trinajstić information content (AvgIpc) is 3.17. The van der Waals surface area contributed by atoms with Gasteiger partial charge in [0.15, 0.2) is 0 Å². The van der Waals surface area contributed by atoms with Crippen LogP contribution < -0.4 is 9.64 Å². The van der Waals surface area contributed by atoms with Crippen molar-refractivity contribution in [2.45, 2.75) is 32.2 Å². The van der Waals surface area contributed by atoms with E-state index in [1.165, 1.54) is 24.1 Å². The number of rotatable bonds is 4. The third-order valence-electron chi connectivity index (χ3n) is 6.98. The molecule has 1 heterocycles. The number of aliphatic hydroxyl groups excluding tert-OH is 1. The number of ketones is 1. The number of Topliss-reactive ketones (excluding diaryl/α,β-unsaturated/α-hetero) is 1. The van der Waals surface area contributed by atoms with Gasteiger partial charge in [-0.1, -0.05) is 81.4 Å². The number of amides is 1. The smallest absolute Gasteiger partial charge is 0.300 e. The maximum atomic E-state index is 14.2. The van der Waals surface area contributed by atoms with E-state index in [1.54, 1.807) is 6.07 Å². The van der Waals surface area contributed by atoms with Gasteiger partial charge >= 0.3 is 0 Å². The van der Waals surface area contributed by atoms with E-state index in [2.05, 4.69) is 20.8 Å². The molecule has 0 bridgehead atoms. The van der Waals surface area contributed by atoms with E-state index in [1.807, 2.05) is 60.7 Å². The molecule has 1 saturated heterocycles. The van der Waals surface area contributed by atoms with Gasteiger partial charge in [0.1, 0.15) is 17.3 Å². The van der Waals surface area contributed by atoms with Gasteiger partial charge in [0.05, 0.1) is 30.0 Å². The van der Waals surface area contributed by atoms with Crippen LogP contribution >= 0.6 is 0 Å². The van der Waals surface area contributed by atoms with Gasteiger partial charge in [0.25, 0.3) is 11.7 Å². The first-order chi connectivity index (χ1) is 18.1. The fraction of sp³-hybridized carbons (Fsp3) is 0.188. The minimum absolute atomic E-state index is 0.000249. The fourth-order valence-electron chi connectivity index (χ4n) is 4.99. The third-order valence-corrected chi connectivity index (χ3v) is 6.98. The van der Waals surface area contributed by atoms with Crippen LogP contribution in [0.15, 0.2) is 90.5 Å². The second kappa shape index (κ2) is 9.45. The van der Waals surface area contributed by atoms with E-state index in [0.717, 1.165) is 22.4 Å². The summed E-state index contributed by atoms with van der Waals surface area (Å²) in [4.78, 5) is 28.7.